The summed E-state index contributed by atoms with van der Waals surface area (Å²) in [6.07, 6.45) is 4.98. The molecule has 2 N–H and O–H groups in total. The van der Waals surface area contributed by atoms with Crippen LogP contribution < -0.4 is 25.4 Å². The first kappa shape index (κ1) is 25.3. The third-order valence-corrected chi connectivity index (χ3v) is 5.67. The molecule has 0 aliphatic rings. The second-order valence-corrected chi connectivity index (χ2v) is 9.67. The summed E-state index contributed by atoms with van der Waals surface area (Å²) in [7, 11) is 0. The molecule has 2 rings (SSSR count). The van der Waals surface area contributed by atoms with Gasteiger partial charge in [0.15, 0.2) is 5.78 Å². The molecule has 0 bridgehead atoms. The number of anilines is 1. The number of thiazole rings is 1. The number of nitrogens with zero attached hydrogens (tertiary/aromatic N) is 1. The van der Waals surface area contributed by atoms with E-state index in [0.29, 0.717) is 21.4 Å². The third-order valence-electron chi connectivity index (χ3n) is 4.61. The van der Waals surface area contributed by atoms with Gasteiger partial charge in [-0.2, -0.15) is 0 Å². The number of aromatic nitrogens is 1. The Hall–Kier alpha value is -3.00. The second kappa shape index (κ2) is 11.0. The van der Waals surface area contributed by atoms with Crippen molar-refractivity contribution in [3.8, 4) is 0 Å². The van der Waals surface area contributed by atoms with Gasteiger partial charge in [0.05, 0.1) is 4.53 Å². The minimum absolute atomic E-state index is 0.120. The first-order valence-corrected chi connectivity index (χ1v) is 11.4. The van der Waals surface area contributed by atoms with Crippen LogP contribution in [0.2, 0.25) is 0 Å². The number of hydrogen-bond donors (Lipinski definition) is 2. The first-order chi connectivity index (χ1) is 15.0. The number of benzene rings is 1. The standard InChI is InChI=1S/C24H31N3O4S/c1-6-7-12-25-21(30)15-27-22(14-20(29)24(3,4)5)32-19(23(27)31)13-17-8-10-18(11-9-17)26-16(2)28/h8-11,13-14H,6-7,12,15H2,1-5H3,(H,25,30)(H,26,28)/b19-13+,22-14-. The fourth-order valence-corrected chi connectivity index (χ4v) is 3.78. The predicted molar refractivity (Wildman–Crippen MR) is 129 cm³/mol. The number of amides is 2. The first-order valence-electron chi connectivity index (χ1n) is 10.6. The second-order valence-electron chi connectivity index (χ2n) is 8.61. The van der Waals surface area contributed by atoms with Crippen molar-refractivity contribution in [2.75, 3.05) is 11.9 Å². The smallest absolute Gasteiger partial charge is 0.269 e. The number of carbonyl (C=O) groups excluding carboxylic acids is 3. The van der Waals surface area contributed by atoms with E-state index in [1.165, 1.54) is 28.9 Å². The van der Waals surface area contributed by atoms with E-state index in [9.17, 15) is 19.2 Å². The largest absolute Gasteiger partial charge is 0.355 e. The number of rotatable bonds is 8. The Balaban J connectivity index is 2.48. The fourth-order valence-electron chi connectivity index (χ4n) is 2.74. The zero-order valence-electron chi connectivity index (χ0n) is 19.3. The van der Waals surface area contributed by atoms with Gasteiger partial charge in [0.2, 0.25) is 11.8 Å². The molecule has 0 spiro atoms. The minimum atomic E-state index is -0.600. The van der Waals surface area contributed by atoms with Gasteiger partial charge in [0.25, 0.3) is 5.56 Å². The Morgan fingerprint density at radius 2 is 1.78 bits per heavy atom. The zero-order valence-corrected chi connectivity index (χ0v) is 20.1. The number of unbranched alkanes of at least 4 members (excludes halogenated alkanes) is 1. The SMILES string of the molecule is CCCCNC(=O)Cn1c(=O)/c(=C\c2ccc(NC(C)=O)cc2)s/c1=C\C(=O)C(C)(C)C. The van der Waals surface area contributed by atoms with Crippen molar-refractivity contribution in [1.29, 1.82) is 0 Å². The quantitative estimate of drug-likeness (QED) is 0.593. The predicted octanol–water partition coefficient (Wildman–Crippen LogP) is 2.01. The Kier molecular flexibility index (Phi) is 8.72. The highest BCUT2D eigenvalue weighted by atomic mass is 32.1. The number of carbonyl (C=O) groups is 3. The summed E-state index contributed by atoms with van der Waals surface area (Å²) >= 11 is 1.18. The van der Waals surface area contributed by atoms with Crippen molar-refractivity contribution in [3.05, 3.63) is 49.4 Å². The Bertz CT molecular complexity index is 1150. The highest BCUT2D eigenvalue weighted by Gasteiger charge is 2.20. The van der Waals surface area contributed by atoms with Crippen LogP contribution in [0.25, 0.3) is 12.2 Å². The van der Waals surface area contributed by atoms with E-state index in [-0.39, 0.29) is 29.7 Å². The van der Waals surface area contributed by atoms with E-state index < -0.39 is 5.41 Å². The molecular weight excluding hydrogens is 426 g/mol. The number of hydrogen-bond acceptors (Lipinski definition) is 5. The highest BCUT2D eigenvalue weighted by molar-refractivity contribution is 7.07. The van der Waals surface area contributed by atoms with Gasteiger partial charge in [-0.3, -0.25) is 23.7 Å². The van der Waals surface area contributed by atoms with Crippen LogP contribution in [0, 0.1) is 5.41 Å². The van der Waals surface area contributed by atoms with E-state index in [1.54, 1.807) is 30.3 Å². The maximum Gasteiger partial charge on any atom is 0.269 e. The van der Waals surface area contributed by atoms with Gasteiger partial charge < -0.3 is 10.6 Å². The lowest BCUT2D eigenvalue weighted by Crippen LogP contribution is -2.38. The van der Waals surface area contributed by atoms with Crippen LogP contribution >= 0.6 is 11.3 Å². The topological polar surface area (TPSA) is 97.3 Å². The molecule has 7 nitrogen and oxygen atoms in total. The van der Waals surface area contributed by atoms with Gasteiger partial charge >= 0.3 is 0 Å². The molecule has 0 radical (unpaired) electrons. The van der Waals surface area contributed by atoms with Gasteiger partial charge in [-0.15, -0.1) is 11.3 Å². The maximum absolute atomic E-state index is 13.1. The molecule has 0 aliphatic heterocycles. The van der Waals surface area contributed by atoms with Crippen molar-refractivity contribution in [3.63, 3.8) is 0 Å². The van der Waals surface area contributed by atoms with Crippen molar-refractivity contribution in [2.24, 2.45) is 5.41 Å². The number of nitrogens with one attached hydrogen (secondary N) is 2. The lowest BCUT2D eigenvalue weighted by Gasteiger charge is -2.13. The third kappa shape index (κ3) is 7.30. The highest BCUT2D eigenvalue weighted by Crippen LogP contribution is 2.15. The summed E-state index contributed by atoms with van der Waals surface area (Å²) in [5.74, 6) is -0.545. The van der Waals surface area contributed by atoms with Crippen LogP contribution in [0.3, 0.4) is 0 Å². The molecule has 0 fully saturated rings. The summed E-state index contributed by atoms with van der Waals surface area (Å²) < 4.78 is 2.22. The van der Waals surface area contributed by atoms with Gasteiger partial charge in [-0.05, 0) is 30.2 Å². The van der Waals surface area contributed by atoms with Crippen molar-refractivity contribution >= 4 is 46.8 Å². The Morgan fingerprint density at radius 1 is 1.12 bits per heavy atom. The summed E-state index contributed by atoms with van der Waals surface area (Å²) in [6.45, 7) is 9.30. The van der Waals surface area contributed by atoms with Gasteiger partial charge in [-0.1, -0.05) is 46.2 Å². The average molecular weight is 458 g/mol. The lowest BCUT2D eigenvalue weighted by atomic mass is 9.91. The Morgan fingerprint density at radius 3 is 2.34 bits per heavy atom. The van der Waals surface area contributed by atoms with E-state index in [2.05, 4.69) is 10.6 Å². The van der Waals surface area contributed by atoms with Crippen LogP contribution in [-0.2, 0) is 20.9 Å². The summed E-state index contributed by atoms with van der Waals surface area (Å²) in [5.41, 5.74) is 0.509. The molecule has 0 atom stereocenters. The minimum Gasteiger partial charge on any atom is -0.355 e. The molecule has 0 saturated heterocycles. The molecule has 0 aliphatic carbocycles. The van der Waals surface area contributed by atoms with Crippen LogP contribution in [0.1, 0.15) is 53.0 Å². The zero-order chi connectivity index (χ0) is 23.9. The van der Waals surface area contributed by atoms with Gasteiger partial charge in [0, 0.05) is 30.6 Å². The molecule has 1 heterocycles. The number of ketones is 1. The fraction of sp³-hybridized carbons (Fsp3) is 0.417. The number of Topliss-reactive ketones (excluding diaryl/α,β-unsaturated/α-hetero) is 1. The molecule has 8 heteroatoms. The maximum atomic E-state index is 13.1. The molecule has 1 aromatic carbocycles. The van der Waals surface area contributed by atoms with Crippen molar-refractivity contribution < 1.29 is 14.4 Å². The monoisotopic (exact) mass is 457 g/mol. The van der Waals surface area contributed by atoms with E-state index in [4.69, 9.17) is 0 Å². The molecule has 1 aromatic heterocycles. The van der Waals surface area contributed by atoms with Crippen LogP contribution in [0.5, 0.6) is 0 Å². The molecule has 172 valence electrons. The van der Waals surface area contributed by atoms with Gasteiger partial charge in [0.1, 0.15) is 11.2 Å². The lowest BCUT2D eigenvalue weighted by molar-refractivity contribution is -0.122. The van der Waals surface area contributed by atoms with Crippen molar-refractivity contribution in [2.45, 2.75) is 54.0 Å². The molecule has 2 aromatic rings. The summed E-state index contributed by atoms with van der Waals surface area (Å²) in [4.78, 5) is 49.2. The van der Waals surface area contributed by atoms with Crippen LogP contribution in [0.4, 0.5) is 5.69 Å². The Labute approximate surface area is 191 Å². The molecule has 0 saturated carbocycles. The molecule has 2 amide bonds. The van der Waals surface area contributed by atoms with Gasteiger partial charge in [-0.25, -0.2) is 0 Å². The summed E-state index contributed by atoms with van der Waals surface area (Å²) in [5, 5.41) is 5.51. The average Bonchev–Trinajstić information content (AvgIpc) is 2.97. The van der Waals surface area contributed by atoms with Crippen LogP contribution in [-0.4, -0.2) is 28.7 Å². The van der Waals surface area contributed by atoms with Crippen molar-refractivity contribution in [1.82, 2.24) is 9.88 Å². The molecule has 0 unspecified atom stereocenters. The molecular formula is C24H31N3O4S. The van der Waals surface area contributed by atoms with E-state index in [1.807, 2.05) is 27.7 Å². The van der Waals surface area contributed by atoms with E-state index >= 15 is 0 Å². The van der Waals surface area contributed by atoms with Crippen LogP contribution in [0.15, 0.2) is 29.1 Å². The summed E-state index contributed by atoms with van der Waals surface area (Å²) in [6, 6.07) is 7.07. The molecule has 32 heavy (non-hydrogen) atoms. The van der Waals surface area contributed by atoms with E-state index in [0.717, 1.165) is 18.4 Å². The normalized spacial score (nSPS) is 12.7.